The van der Waals surface area contributed by atoms with Gasteiger partial charge >= 0.3 is 0 Å². The van der Waals surface area contributed by atoms with Crippen LogP contribution in [0.4, 0.5) is 5.69 Å². The molecular weight excluding hydrogens is 282 g/mol. The van der Waals surface area contributed by atoms with Crippen LogP contribution in [0.25, 0.3) is 0 Å². The molecule has 0 N–H and O–H groups in total. The highest BCUT2D eigenvalue weighted by atomic mass is 32.2. The summed E-state index contributed by atoms with van der Waals surface area (Å²) in [4.78, 5) is 15.0. The molecular formula is C13H17NO3S2. The van der Waals surface area contributed by atoms with Crippen molar-refractivity contribution in [2.75, 3.05) is 29.2 Å². The molecule has 1 aliphatic heterocycles. The molecule has 1 aromatic rings. The van der Waals surface area contributed by atoms with Gasteiger partial charge in [-0.15, -0.1) is 11.8 Å². The average molecular weight is 299 g/mol. The van der Waals surface area contributed by atoms with E-state index in [1.165, 1.54) is 0 Å². The largest absolute Gasteiger partial charge is 0.311 e. The van der Waals surface area contributed by atoms with E-state index in [-0.39, 0.29) is 18.1 Å². The first kappa shape index (κ1) is 14.4. The van der Waals surface area contributed by atoms with Crippen molar-refractivity contribution in [3.63, 3.8) is 0 Å². The first-order valence-corrected chi connectivity index (χ1v) is 9.22. The normalized spacial score (nSPS) is 15.7. The van der Waals surface area contributed by atoms with Gasteiger partial charge in [0.2, 0.25) is 5.91 Å². The number of thioether (sulfide) groups is 1. The van der Waals surface area contributed by atoms with Gasteiger partial charge in [0.05, 0.1) is 11.4 Å². The molecule has 0 spiro atoms. The lowest BCUT2D eigenvalue weighted by Gasteiger charge is -2.22. The second-order valence-corrected chi connectivity index (χ2v) is 7.99. The molecule has 0 radical (unpaired) electrons. The highest BCUT2D eigenvalue weighted by Crippen LogP contribution is 2.33. The van der Waals surface area contributed by atoms with Gasteiger partial charge in [-0.3, -0.25) is 4.79 Å². The monoisotopic (exact) mass is 299 g/mol. The van der Waals surface area contributed by atoms with Crippen molar-refractivity contribution in [1.29, 1.82) is 0 Å². The average Bonchev–Trinajstić information content (AvgIpc) is 2.57. The standard InChI is InChI=1S/C13H17NO3S2/c1-19(16,17)10-7-13(15)14-8-4-9-18-12-6-3-2-5-11(12)14/h2-3,5-6H,4,7-10H2,1H3. The topological polar surface area (TPSA) is 54.5 Å². The molecule has 0 aromatic heterocycles. The molecule has 0 unspecified atom stereocenters. The second kappa shape index (κ2) is 5.96. The van der Waals surface area contributed by atoms with Crippen LogP contribution in [0.3, 0.4) is 0 Å². The Kier molecular flexibility index (Phi) is 4.52. The minimum Gasteiger partial charge on any atom is -0.311 e. The Morgan fingerprint density at radius 1 is 1.37 bits per heavy atom. The second-order valence-electron chi connectivity index (χ2n) is 4.59. The summed E-state index contributed by atoms with van der Waals surface area (Å²) >= 11 is 1.74. The Morgan fingerprint density at radius 3 is 2.84 bits per heavy atom. The minimum absolute atomic E-state index is 0.0534. The van der Waals surface area contributed by atoms with Crippen LogP contribution < -0.4 is 4.90 Å². The fourth-order valence-corrected chi connectivity index (χ4v) is 3.53. The third-order valence-corrected chi connectivity index (χ3v) is 5.02. The number of rotatable bonds is 3. The molecule has 1 aliphatic rings. The molecule has 6 heteroatoms. The first-order chi connectivity index (χ1) is 8.97. The summed E-state index contributed by atoms with van der Waals surface area (Å²) in [6.07, 6.45) is 2.13. The van der Waals surface area contributed by atoms with Crippen molar-refractivity contribution >= 4 is 33.2 Å². The van der Waals surface area contributed by atoms with Gasteiger partial charge in [-0.25, -0.2) is 8.42 Å². The number of para-hydroxylation sites is 1. The van der Waals surface area contributed by atoms with Gasteiger partial charge in [-0.1, -0.05) is 12.1 Å². The zero-order chi connectivity index (χ0) is 13.9. The Morgan fingerprint density at radius 2 is 2.11 bits per heavy atom. The third-order valence-electron chi connectivity index (χ3n) is 2.93. The number of benzene rings is 1. The van der Waals surface area contributed by atoms with Crippen LogP contribution in [0.1, 0.15) is 12.8 Å². The van der Waals surface area contributed by atoms with Gasteiger partial charge in [0.15, 0.2) is 0 Å². The number of carbonyl (C=O) groups excluding carboxylic acids is 1. The van der Waals surface area contributed by atoms with Crippen LogP contribution in [-0.4, -0.2) is 38.6 Å². The maximum Gasteiger partial charge on any atom is 0.228 e. The lowest BCUT2D eigenvalue weighted by Crippen LogP contribution is -2.33. The molecule has 0 saturated carbocycles. The van der Waals surface area contributed by atoms with Crippen molar-refractivity contribution in [2.45, 2.75) is 17.7 Å². The van der Waals surface area contributed by atoms with Crippen LogP contribution in [0, 0.1) is 0 Å². The maximum absolute atomic E-state index is 12.2. The number of sulfone groups is 1. The van der Waals surface area contributed by atoms with Crippen molar-refractivity contribution in [2.24, 2.45) is 0 Å². The third kappa shape index (κ3) is 3.98. The number of carbonyl (C=O) groups is 1. The summed E-state index contributed by atoms with van der Waals surface area (Å²) in [7, 11) is -3.10. The van der Waals surface area contributed by atoms with Gasteiger partial charge in [0, 0.05) is 24.1 Å². The lowest BCUT2D eigenvalue weighted by atomic mass is 10.2. The SMILES string of the molecule is CS(=O)(=O)CCC(=O)N1CCCSc2ccccc21. The molecule has 104 valence electrons. The van der Waals surface area contributed by atoms with Crippen molar-refractivity contribution < 1.29 is 13.2 Å². The Balaban J connectivity index is 2.17. The molecule has 19 heavy (non-hydrogen) atoms. The van der Waals surface area contributed by atoms with Crippen LogP contribution >= 0.6 is 11.8 Å². The molecule has 0 aliphatic carbocycles. The fourth-order valence-electron chi connectivity index (χ4n) is 1.99. The van der Waals surface area contributed by atoms with Crippen molar-refractivity contribution in [3.8, 4) is 0 Å². The molecule has 0 atom stereocenters. The quantitative estimate of drug-likeness (QED) is 0.856. The predicted octanol–water partition coefficient (Wildman–Crippen LogP) is 1.95. The summed E-state index contributed by atoms with van der Waals surface area (Å²) in [5.74, 6) is 0.783. The van der Waals surface area contributed by atoms with E-state index in [0.717, 1.165) is 29.0 Å². The fraction of sp³-hybridized carbons (Fsp3) is 0.462. The summed E-state index contributed by atoms with van der Waals surface area (Å²) in [6, 6.07) is 7.78. The van der Waals surface area contributed by atoms with Gasteiger partial charge in [-0.05, 0) is 24.3 Å². The van der Waals surface area contributed by atoms with E-state index in [2.05, 4.69) is 0 Å². The molecule has 2 rings (SSSR count). The number of amides is 1. The van der Waals surface area contributed by atoms with Crippen LogP contribution in [0.15, 0.2) is 29.2 Å². The van der Waals surface area contributed by atoms with Gasteiger partial charge in [0.25, 0.3) is 0 Å². The Hall–Kier alpha value is -1.01. The van der Waals surface area contributed by atoms with Crippen LogP contribution in [0.5, 0.6) is 0 Å². The molecule has 1 amide bonds. The number of hydrogen-bond donors (Lipinski definition) is 0. The molecule has 1 aromatic carbocycles. The van der Waals surface area contributed by atoms with Crippen LogP contribution in [-0.2, 0) is 14.6 Å². The summed E-state index contributed by atoms with van der Waals surface area (Å²) in [6.45, 7) is 0.659. The number of nitrogens with zero attached hydrogens (tertiary/aromatic N) is 1. The highest BCUT2D eigenvalue weighted by Gasteiger charge is 2.21. The molecule has 1 heterocycles. The number of fused-ring (bicyclic) bond motifs is 1. The van der Waals surface area contributed by atoms with Gasteiger partial charge in [-0.2, -0.15) is 0 Å². The summed E-state index contributed by atoms with van der Waals surface area (Å²) in [5, 5.41) is 0. The minimum atomic E-state index is -3.10. The van der Waals surface area contributed by atoms with E-state index in [4.69, 9.17) is 0 Å². The van der Waals surface area contributed by atoms with E-state index in [9.17, 15) is 13.2 Å². The van der Waals surface area contributed by atoms with E-state index in [1.807, 2.05) is 24.3 Å². The van der Waals surface area contributed by atoms with Gasteiger partial charge in [0.1, 0.15) is 9.84 Å². The summed E-state index contributed by atoms with van der Waals surface area (Å²) < 4.78 is 22.3. The molecule has 0 saturated heterocycles. The molecule has 0 bridgehead atoms. The van der Waals surface area contributed by atoms with Crippen molar-refractivity contribution in [1.82, 2.24) is 0 Å². The lowest BCUT2D eigenvalue weighted by molar-refractivity contribution is -0.118. The summed E-state index contributed by atoms with van der Waals surface area (Å²) in [5.41, 5.74) is 0.906. The number of hydrogen-bond acceptors (Lipinski definition) is 4. The predicted molar refractivity (Wildman–Crippen MR) is 78.5 cm³/mol. The van der Waals surface area contributed by atoms with E-state index in [0.29, 0.717) is 6.54 Å². The van der Waals surface area contributed by atoms with E-state index >= 15 is 0 Å². The van der Waals surface area contributed by atoms with Crippen molar-refractivity contribution in [3.05, 3.63) is 24.3 Å². The smallest absolute Gasteiger partial charge is 0.228 e. The number of anilines is 1. The van der Waals surface area contributed by atoms with Gasteiger partial charge < -0.3 is 4.90 Å². The van der Waals surface area contributed by atoms with E-state index < -0.39 is 9.84 Å². The zero-order valence-corrected chi connectivity index (χ0v) is 12.5. The zero-order valence-electron chi connectivity index (χ0n) is 10.8. The molecule has 4 nitrogen and oxygen atoms in total. The molecule has 0 fully saturated rings. The Bertz CT molecular complexity index is 569. The highest BCUT2D eigenvalue weighted by molar-refractivity contribution is 7.99. The van der Waals surface area contributed by atoms with E-state index in [1.54, 1.807) is 16.7 Å². The Labute approximate surface area is 118 Å². The maximum atomic E-state index is 12.2. The first-order valence-electron chi connectivity index (χ1n) is 6.17. The van der Waals surface area contributed by atoms with Crippen LogP contribution in [0.2, 0.25) is 0 Å².